The van der Waals surface area contributed by atoms with Gasteiger partial charge in [-0.1, -0.05) is 30.3 Å². The topological polar surface area (TPSA) is 42.0 Å². The first-order valence-corrected chi connectivity index (χ1v) is 6.81. The summed E-state index contributed by atoms with van der Waals surface area (Å²) in [6.45, 7) is 3.62. The molecule has 0 fully saturated rings. The molecule has 5 heteroatoms. The van der Waals surface area contributed by atoms with E-state index in [1.165, 1.54) is 11.3 Å². The molecule has 1 aromatic carbocycles. The predicted molar refractivity (Wildman–Crippen MR) is 76.2 cm³/mol. The summed E-state index contributed by atoms with van der Waals surface area (Å²) in [5.41, 5.74) is 1.95. The Labute approximate surface area is 115 Å². The molecule has 1 heterocycles. The standard InChI is InChI=1S/C13H13ClN2OS/c1-8(14)12(17)16-13-15-11(9(2)18-13)10-6-4-3-5-7-10/h3-8H,1-2H3,(H,15,16,17). The maximum absolute atomic E-state index is 11.5. The van der Waals surface area contributed by atoms with Crippen LogP contribution in [0.2, 0.25) is 0 Å². The van der Waals surface area contributed by atoms with Gasteiger partial charge in [0.25, 0.3) is 0 Å². The van der Waals surface area contributed by atoms with Crippen molar-refractivity contribution < 1.29 is 4.79 Å². The van der Waals surface area contributed by atoms with E-state index in [0.717, 1.165) is 16.1 Å². The molecule has 0 aliphatic heterocycles. The quantitative estimate of drug-likeness (QED) is 0.872. The Morgan fingerprint density at radius 2 is 2.06 bits per heavy atom. The van der Waals surface area contributed by atoms with Gasteiger partial charge in [0.2, 0.25) is 5.91 Å². The van der Waals surface area contributed by atoms with E-state index >= 15 is 0 Å². The van der Waals surface area contributed by atoms with E-state index in [-0.39, 0.29) is 5.91 Å². The first kappa shape index (κ1) is 13.1. The molecule has 0 spiro atoms. The van der Waals surface area contributed by atoms with Gasteiger partial charge >= 0.3 is 0 Å². The summed E-state index contributed by atoms with van der Waals surface area (Å²) in [5, 5.41) is 2.74. The van der Waals surface area contributed by atoms with Gasteiger partial charge < -0.3 is 5.32 Å². The number of hydrogen-bond acceptors (Lipinski definition) is 3. The summed E-state index contributed by atoms with van der Waals surface area (Å²) in [4.78, 5) is 17.0. The first-order chi connectivity index (χ1) is 8.58. The average molecular weight is 281 g/mol. The fourth-order valence-corrected chi connectivity index (χ4v) is 2.41. The van der Waals surface area contributed by atoms with Crippen molar-refractivity contribution in [3.05, 3.63) is 35.2 Å². The fourth-order valence-electron chi connectivity index (χ4n) is 1.52. The van der Waals surface area contributed by atoms with Gasteiger partial charge in [-0.05, 0) is 13.8 Å². The molecule has 0 radical (unpaired) electrons. The van der Waals surface area contributed by atoms with E-state index in [1.54, 1.807) is 6.92 Å². The van der Waals surface area contributed by atoms with Crippen molar-refractivity contribution in [3.63, 3.8) is 0 Å². The Bertz CT molecular complexity index is 551. The van der Waals surface area contributed by atoms with Crippen molar-refractivity contribution in [2.24, 2.45) is 0 Å². The second-order valence-electron chi connectivity index (χ2n) is 3.90. The number of nitrogens with zero attached hydrogens (tertiary/aromatic N) is 1. The molecular weight excluding hydrogens is 268 g/mol. The van der Waals surface area contributed by atoms with Crippen molar-refractivity contribution in [1.29, 1.82) is 0 Å². The number of aromatic nitrogens is 1. The molecule has 0 saturated heterocycles. The number of alkyl halides is 1. The lowest BCUT2D eigenvalue weighted by atomic mass is 10.1. The molecule has 1 atom stereocenters. The lowest BCUT2D eigenvalue weighted by Crippen LogP contribution is -2.20. The van der Waals surface area contributed by atoms with E-state index in [1.807, 2.05) is 37.3 Å². The maximum Gasteiger partial charge on any atom is 0.243 e. The van der Waals surface area contributed by atoms with Crippen molar-refractivity contribution in [2.75, 3.05) is 5.32 Å². The van der Waals surface area contributed by atoms with E-state index in [9.17, 15) is 4.79 Å². The molecule has 1 aromatic heterocycles. The first-order valence-electron chi connectivity index (χ1n) is 5.55. The summed E-state index contributed by atoms with van der Waals surface area (Å²) in [6.07, 6.45) is 0. The third-order valence-corrected chi connectivity index (χ3v) is 3.52. The molecular formula is C13H13ClN2OS. The number of anilines is 1. The van der Waals surface area contributed by atoms with Crippen LogP contribution >= 0.6 is 22.9 Å². The smallest absolute Gasteiger partial charge is 0.243 e. The SMILES string of the molecule is Cc1sc(NC(=O)C(C)Cl)nc1-c1ccccc1. The van der Waals surface area contributed by atoms with Crippen LogP contribution in [-0.2, 0) is 4.79 Å². The molecule has 94 valence electrons. The molecule has 0 aliphatic rings. The Kier molecular flexibility index (Phi) is 3.99. The highest BCUT2D eigenvalue weighted by molar-refractivity contribution is 7.16. The van der Waals surface area contributed by atoms with Crippen molar-refractivity contribution in [1.82, 2.24) is 4.98 Å². The second kappa shape index (κ2) is 5.50. The van der Waals surface area contributed by atoms with Gasteiger partial charge in [0, 0.05) is 10.4 Å². The van der Waals surface area contributed by atoms with E-state index in [0.29, 0.717) is 5.13 Å². The molecule has 2 aromatic rings. The minimum Gasteiger partial charge on any atom is -0.301 e. The van der Waals surface area contributed by atoms with Gasteiger partial charge in [-0.2, -0.15) is 0 Å². The van der Waals surface area contributed by atoms with Crippen LogP contribution in [0.15, 0.2) is 30.3 Å². The Balaban J connectivity index is 2.25. The number of carbonyl (C=O) groups is 1. The lowest BCUT2D eigenvalue weighted by Gasteiger charge is -2.01. The number of nitrogens with one attached hydrogen (secondary N) is 1. The third-order valence-electron chi connectivity index (χ3n) is 2.44. The van der Waals surface area contributed by atoms with Gasteiger partial charge in [-0.15, -0.1) is 22.9 Å². The number of rotatable bonds is 3. The van der Waals surface area contributed by atoms with Crippen LogP contribution in [0.25, 0.3) is 11.3 Å². The molecule has 3 nitrogen and oxygen atoms in total. The van der Waals surface area contributed by atoms with Crippen molar-refractivity contribution in [2.45, 2.75) is 19.2 Å². The Morgan fingerprint density at radius 3 is 2.67 bits per heavy atom. The monoisotopic (exact) mass is 280 g/mol. The predicted octanol–water partition coefficient (Wildman–Crippen LogP) is 3.68. The highest BCUT2D eigenvalue weighted by atomic mass is 35.5. The third kappa shape index (κ3) is 2.89. The van der Waals surface area contributed by atoms with Crippen molar-refractivity contribution in [3.8, 4) is 11.3 Å². The summed E-state index contributed by atoms with van der Waals surface area (Å²) in [5.74, 6) is -0.231. The van der Waals surface area contributed by atoms with Gasteiger partial charge in [0.15, 0.2) is 5.13 Å². The normalized spacial score (nSPS) is 12.2. The lowest BCUT2D eigenvalue weighted by molar-refractivity contribution is -0.115. The molecule has 0 saturated carbocycles. The van der Waals surface area contributed by atoms with Crippen LogP contribution in [0.3, 0.4) is 0 Å². The summed E-state index contributed by atoms with van der Waals surface area (Å²) < 4.78 is 0. The number of benzene rings is 1. The summed E-state index contributed by atoms with van der Waals surface area (Å²) in [6, 6.07) is 9.89. The number of aryl methyl sites for hydroxylation is 1. The second-order valence-corrected chi connectivity index (χ2v) is 5.75. The summed E-state index contributed by atoms with van der Waals surface area (Å²) >= 11 is 7.16. The molecule has 1 amide bonds. The number of hydrogen-bond donors (Lipinski definition) is 1. The van der Waals surface area contributed by atoms with E-state index < -0.39 is 5.38 Å². The van der Waals surface area contributed by atoms with E-state index in [4.69, 9.17) is 11.6 Å². The van der Waals surface area contributed by atoms with Crippen molar-refractivity contribution >= 4 is 34.0 Å². The highest BCUT2D eigenvalue weighted by Crippen LogP contribution is 2.30. The Morgan fingerprint density at radius 1 is 1.39 bits per heavy atom. The molecule has 0 aliphatic carbocycles. The zero-order valence-corrected chi connectivity index (χ0v) is 11.7. The fraction of sp³-hybridized carbons (Fsp3) is 0.231. The minimum atomic E-state index is -0.561. The van der Waals surface area contributed by atoms with Crippen LogP contribution in [0.1, 0.15) is 11.8 Å². The molecule has 2 rings (SSSR count). The Hall–Kier alpha value is -1.39. The van der Waals surface area contributed by atoms with E-state index in [2.05, 4.69) is 10.3 Å². The van der Waals surface area contributed by atoms with Gasteiger partial charge in [0.1, 0.15) is 5.38 Å². The van der Waals surface area contributed by atoms with Gasteiger partial charge in [-0.25, -0.2) is 4.98 Å². The number of carbonyl (C=O) groups excluding carboxylic acids is 1. The van der Waals surface area contributed by atoms with Crippen LogP contribution in [0.5, 0.6) is 0 Å². The molecule has 18 heavy (non-hydrogen) atoms. The van der Waals surface area contributed by atoms with Crippen LogP contribution in [-0.4, -0.2) is 16.3 Å². The zero-order valence-electron chi connectivity index (χ0n) is 10.1. The maximum atomic E-state index is 11.5. The minimum absolute atomic E-state index is 0.231. The number of thiazole rings is 1. The van der Waals surface area contributed by atoms with Gasteiger partial charge in [-0.3, -0.25) is 4.79 Å². The van der Waals surface area contributed by atoms with Crippen LogP contribution in [0, 0.1) is 6.92 Å². The van der Waals surface area contributed by atoms with Gasteiger partial charge in [0.05, 0.1) is 5.69 Å². The average Bonchev–Trinajstić information content (AvgIpc) is 2.71. The zero-order chi connectivity index (χ0) is 13.1. The van der Waals surface area contributed by atoms with Crippen LogP contribution in [0.4, 0.5) is 5.13 Å². The number of halogens is 1. The molecule has 1 N–H and O–H groups in total. The number of amides is 1. The molecule has 1 unspecified atom stereocenters. The largest absolute Gasteiger partial charge is 0.301 e. The summed E-state index contributed by atoms with van der Waals surface area (Å²) in [7, 11) is 0. The highest BCUT2D eigenvalue weighted by Gasteiger charge is 2.14. The molecule has 0 bridgehead atoms. The van der Waals surface area contributed by atoms with Crippen LogP contribution < -0.4 is 5.32 Å².